The van der Waals surface area contributed by atoms with Crippen LogP contribution in [0.2, 0.25) is 5.15 Å². The number of rotatable bonds is 3. The maximum atomic E-state index is 5.98. The summed E-state index contributed by atoms with van der Waals surface area (Å²) in [5.74, 6) is 0.726. The van der Waals surface area contributed by atoms with Gasteiger partial charge in [-0.1, -0.05) is 23.7 Å². The van der Waals surface area contributed by atoms with E-state index >= 15 is 0 Å². The molecule has 94 valence electrons. The van der Waals surface area contributed by atoms with E-state index in [1.807, 2.05) is 50.2 Å². The van der Waals surface area contributed by atoms with E-state index in [-0.39, 0.29) is 0 Å². The van der Waals surface area contributed by atoms with Gasteiger partial charge in [0.15, 0.2) is 0 Å². The van der Waals surface area contributed by atoms with E-state index in [0.717, 1.165) is 22.8 Å². The summed E-state index contributed by atoms with van der Waals surface area (Å²) in [5, 5.41) is 3.75. The zero-order valence-electron chi connectivity index (χ0n) is 10.6. The van der Waals surface area contributed by atoms with Crippen molar-refractivity contribution in [2.45, 2.75) is 6.92 Å². The number of hydrogen-bond donors (Lipinski definition) is 1. The fraction of sp³-hybridized carbons (Fsp3) is 0.231. The minimum absolute atomic E-state index is 0.467. The molecule has 1 aromatic carbocycles. The summed E-state index contributed by atoms with van der Waals surface area (Å²) >= 11 is 5.98. The van der Waals surface area contributed by atoms with Gasteiger partial charge in [-0.25, -0.2) is 9.97 Å². The van der Waals surface area contributed by atoms with Gasteiger partial charge in [-0.3, -0.25) is 0 Å². The average Bonchev–Trinajstić information content (AvgIpc) is 2.35. The Hall–Kier alpha value is -1.81. The third-order valence-corrected chi connectivity index (χ3v) is 3.04. The number of hydrogen-bond acceptors (Lipinski definition) is 4. The molecule has 1 aromatic heterocycles. The Morgan fingerprint density at radius 3 is 2.61 bits per heavy atom. The molecule has 0 aliphatic carbocycles. The molecule has 0 saturated heterocycles. The van der Waals surface area contributed by atoms with Gasteiger partial charge in [0.2, 0.25) is 0 Å². The van der Waals surface area contributed by atoms with Crippen LogP contribution < -0.4 is 10.2 Å². The minimum atomic E-state index is 0.467. The van der Waals surface area contributed by atoms with E-state index in [2.05, 4.69) is 15.3 Å². The van der Waals surface area contributed by atoms with Gasteiger partial charge in [-0.05, 0) is 19.1 Å². The molecule has 0 bridgehead atoms. The van der Waals surface area contributed by atoms with Crippen molar-refractivity contribution in [2.75, 3.05) is 24.3 Å². The summed E-state index contributed by atoms with van der Waals surface area (Å²) < 4.78 is 0. The van der Waals surface area contributed by atoms with Gasteiger partial charge in [0.25, 0.3) is 0 Å². The van der Waals surface area contributed by atoms with E-state index in [9.17, 15) is 0 Å². The first-order valence-corrected chi connectivity index (χ1v) is 5.98. The molecule has 0 fully saturated rings. The highest BCUT2D eigenvalue weighted by molar-refractivity contribution is 6.30. The van der Waals surface area contributed by atoms with Crippen molar-refractivity contribution in [3.8, 4) is 0 Å². The van der Waals surface area contributed by atoms with Gasteiger partial charge < -0.3 is 10.2 Å². The summed E-state index contributed by atoms with van der Waals surface area (Å²) in [5.41, 5.74) is 2.92. The summed E-state index contributed by atoms with van der Waals surface area (Å²) in [6.45, 7) is 1.89. The van der Waals surface area contributed by atoms with Crippen molar-refractivity contribution >= 4 is 28.8 Å². The topological polar surface area (TPSA) is 41.1 Å². The van der Waals surface area contributed by atoms with Crippen molar-refractivity contribution in [1.82, 2.24) is 9.97 Å². The fourth-order valence-electron chi connectivity index (χ4n) is 1.65. The molecule has 18 heavy (non-hydrogen) atoms. The van der Waals surface area contributed by atoms with Crippen LogP contribution in [0.5, 0.6) is 0 Å². The zero-order chi connectivity index (χ0) is 13.1. The minimum Gasteiger partial charge on any atom is -0.376 e. The van der Waals surface area contributed by atoms with E-state index in [4.69, 9.17) is 11.6 Å². The highest BCUT2D eigenvalue weighted by atomic mass is 35.5. The predicted molar refractivity (Wildman–Crippen MR) is 75.8 cm³/mol. The number of benzene rings is 1. The second-order valence-electron chi connectivity index (χ2n) is 4.17. The fourth-order valence-corrected chi connectivity index (χ4v) is 1.78. The molecule has 0 aliphatic heterocycles. The number of para-hydroxylation sites is 2. The molecule has 0 spiro atoms. The van der Waals surface area contributed by atoms with E-state index in [0.29, 0.717) is 5.15 Å². The van der Waals surface area contributed by atoms with Crippen LogP contribution in [-0.4, -0.2) is 24.1 Å². The Morgan fingerprint density at radius 1 is 1.17 bits per heavy atom. The first-order chi connectivity index (χ1) is 8.59. The molecule has 0 saturated carbocycles. The number of aromatic nitrogens is 2. The number of halogens is 1. The van der Waals surface area contributed by atoms with E-state index < -0.39 is 0 Å². The van der Waals surface area contributed by atoms with Crippen molar-refractivity contribution < 1.29 is 0 Å². The van der Waals surface area contributed by atoms with Crippen LogP contribution in [0, 0.1) is 6.92 Å². The molecule has 0 unspecified atom stereocenters. The summed E-state index contributed by atoms with van der Waals surface area (Å²) in [6.07, 6.45) is 1.45. The van der Waals surface area contributed by atoms with Crippen molar-refractivity contribution in [3.63, 3.8) is 0 Å². The second-order valence-corrected chi connectivity index (χ2v) is 4.53. The normalized spacial score (nSPS) is 10.2. The Morgan fingerprint density at radius 2 is 1.89 bits per heavy atom. The standard InChI is InChI=1S/C13H15ClN4/c1-9-12(14)15-8-16-13(9)17-10-6-4-5-7-11(10)18(2)3/h4-8H,1-3H3,(H,15,16,17). The molecule has 4 nitrogen and oxygen atoms in total. The molecule has 1 N–H and O–H groups in total. The van der Waals surface area contributed by atoms with Gasteiger partial charge in [0.1, 0.15) is 17.3 Å². The van der Waals surface area contributed by atoms with Gasteiger partial charge in [0, 0.05) is 19.7 Å². The summed E-state index contributed by atoms with van der Waals surface area (Å²) in [7, 11) is 4.00. The Bertz CT molecular complexity index is 554. The number of nitrogens with zero attached hydrogens (tertiary/aromatic N) is 3. The molecule has 2 aromatic rings. The third kappa shape index (κ3) is 2.54. The van der Waals surface area contributed by atoms with Gasteiger partial charge in [-0.2, -0.15) is 0 Å². The molecule has 0 aliphatic rings. The summed E-state index contributed by atoms with van der Waals surface area (Å²) in [4.78, 5) is 10.2. The zero-order valence-corrected chi connectivity index (χ0v) is 11.4. The SMILES string of the molecule is Cc1c(Cl)ncnc1Nc1ccccc1N(C)C. The van der Waals surface area contributed by atoms with Crippen LogP contribution in [0.1, 0.15) is 5.56 Å². The highest BCUT2D eigenvalue weighted by Gasteiger charge is 2.08. The third-order valence-electron chi connectivity index (χ3n) is 2.66. The van der Waals surface area contributed by atoms with Gasteiger partial charge in [-0.15, -0.1) is 0 Å². The predicted octanol–water partition coefficient (Wildman–Crippen LogP) is 3.25. The van der Waals surface area contributed by atoms with E-state index in [1.165, 1.54) is 6.33 Å². The number of anilines is 3. The second kappa shape index (κ2) is 5.23. The van der Waals surface area contributed by atoms with Crippen LogP contribution in [0.4, 0.5) is 17.2 Å². The molecule has 1 heterocycles. The maximum Gasteiger partial charge on any atom is 0.138 e. The average molecular weight is 263 g/mol. The Kier molecular flexibility index (Phi) is 3.67. The maximum absolute atomic E-state index is 5.98. The van der Waals surface area contributed by atoms with Crippen molar-refractivity contribution in [1.29, 1.82) is 0 Å². The lowest BCUT2D eigenvalue weighted by atomic mass is 10.2. The first-order valence-electron chi connectivity index (χ1n) is 5.60. The van der Waals surface area contributed by atoms with Crippen LogP contribution >= 0.6 is 11.6 Å². The molecule has 0 radical (unpaired) electrons. The lowest BCUT2D eigenvalue weighted by Crippen LogP contribution is -2.11. The molecule has 5 heteroatoms. The highest BCUT2D eigenvalue weighted by Crippen LogP contribution is 2.28. The van der Waals surface area contributed by atoms with Crippen LogP contribution in [0.15, 0.2) is 30.6 Å². The van der Waals surface area contributed by atoms with Gasteiger partial charge in [0.05, 0.1) is 11.4 Å². The molecule has 0 atom stereocenters. The summed E-state index contributed by atoms with van der Waals surface area (Å²) in [6, 6.07) is 8.03. The van der Waals surface area contributed by atoms with Crippen molar-refractivity contribution in [2.24, 2.45) is 0 Å². The van der Waals surface area contributed by atoms with Crippen LogP contribution in [-0.2, 0) is 0 Å². The Labute approximate surface area is 112 Å². The largest absolute Gasteiger partial charge is 0.376 e. The lowest BCUT2D eigenvalue weighted by Gasteiger charge is -2.18. The monoisotopic (exact) mass is 262 g/mol. The smallest absolute Gasteiger partial charge is 0.138 e. The van der Waals surface area contributed by atoms with Crippen molar-refractivity contribution in [3.05, 3.63) is 41.3 Å². The lowest BCUT2D eigenvalue weighted by molar-refractivity contribution is 1.11. The van der Waals surface area contributed by atoms with Crippen LogP contribution in [0.25, 0.3) is 0 Å². The Balaban J connectivity index is 2.37. The number of nitrogens with one attached hydrogen (secondary N) is 1. The van der Waals surface area contributed by atoms with Gasteiger partial charge >= 0.3 is 0 Å². The molecular weight excluding hydrogens is 248 g/mol. The molecular formula is C13H15ClN4. The molecule has 0 amide bonds. The molecule has 2 rings (SSSR count). The quantitative estimate of drug-likeness (QED) is 0.862. The first kappa shape index (κ1) is 12.6. The van der Waals surface area contributed by atoms with Crippen LogP contribution in [0.3, 0.4) is 0 Å². The van der Waals surface area contributed by atoms with E-state index in [1.54, 1.807) is 0 Å².